The van der Waals surface area contributed by atoms with Crippen molar-refractivity contribution in [1.29, 1.82) is 0 Å². The third-order valence-corrected chi connectivity index (χ3v) is 3.10. The maximum atomic E-state index is 5.69. The molecule has 4 heteroatoms. The minimum atomic E-state index is 0.384. The zero-order chi connectivity index (χ0) is 14.5. The number of hydrogen-bond donors (Lipinski definition) is 1. The Morgan fingerprint density at radius 2 is 1.81 bits per heavy atom. The van der Waals surface area contributed by atoms with Gasteiger partial charge in [-0.05, 0) is 36.4 Å². The Morgan fingerprint density at radius 3 is 2.52 bits per heavy atom. The molecule has 1 aromatic heterocycles. The first-order valence-electron chi connectivity index (χ1n) is 6.75. The average Bonchev–Trinajstić information content (AvgIpc) is 3.03. The van der Waals surface area contributed by atoms with Gasteiger partial charge in [0.25, 0.3) is 0 Å². The topological polar surface area (TPSA) is 47.3 Å². The lowest BCUT2D eigenvalue weighted by atomic mass is 10.2. The number of hydrogen-bond acceptors (Lipinski definition) is 4. The molecule has 4 nitrogen and oxygen atoms in total. The van der Waals surface area contributed by atoms with E-state index in [1.165, 1.54) is 0 Å². The summed E-state index contributed by atoms with van der Waals surface area (Å²) in [5, 5.41) is 3.07. The molecule has 0 radical (unpaired) electrons. The van der Waals surface area contributed by atoms with E-state index in [9.17, 15) is 0 Å². The second kappa shape index (κ2) is 6.13. The molecule has 3 rings (SSSR count). The highest BCUT2D eigenvalue weighted by Crippen LogP contribution is 2.20. The first-order valence-corrected chi connectivity index (χ1v) is 6.75. The summed E-state index contributed by atoms with van der Waals surface area (Å²) in [7, 11) is 1.89. The molecule has 1 N–H and O–H groups in total. The normalized spacial score (nSPS) is 10.3. The molecule has 0 atom stereocenters. The van der Waals surface area contributed by atoms with Crippen molar-refractivity contribution in [3.63, 3.8) is 0 Å². The van der Waals surface area contributed by atoms with Gasteiger partial charge in [0.05, 0.1) is 0 Å². The maximum absolute atomic E-state index is 5.69. The lowest BCUT2D eigenvalue weighted by Crippen LogP contribution is -1.96. The number of oxazole rings is 1. The van der Waals surface area contributed by atoms with E-state index in [0.717, 1.165) is 22.7 Å². The van der Waals surface area contributed by atoms with E-state index in [1.807, 2.05) is 61.6 Å². The van der Waals surface area contributed by atoms with Crippen molar-refractivity contribution in [3.05, 3.63) is 66.6 Å². The summed E-state index contributed by atoms with van der Waals surface area (Å²) in [6.07, 6.45) is 1.63. The number of ether oxygens (including phenoxy) is 1. The fraction of sp³-hybridized carbons (Fsp3) is 0.118. The fourth-order valence-electron chi connectivity index (χ4n) is 1.96. The molecule has 1 heterocycles. The third-order valence-electron chi connectivity index (χ3n) is 3.10. The van der Waals surface area contributed by atoms with Gasteiger partial charge < -0.3 is 14.5 Å². The van der Waals surface area contributed by atoms with Gasteiger partial charge in [-0.25, -0.2) is 4.98 Å². The summed E-state index contributed by atoms with van der Waals surface area (Å²) < 4.78 is 11.2. The van der Waals surface area contributed by atoms with Crippen LogP contribution in [0.2, 0.25) is 0 Å². The molecule has 0 saturated heterocycles. The second-order valence-electron chi connectivity index (χ2n) is 4.57. The number of benzene rings is 2. The van der Waals surface area contributed by atoms with Gasteiger partial charge in [-0.15, -0.1) is 0 Å². The predicted octanol–water partition coefficient (Wildman–Crippen LogP) is 3.96. The van der Waals surface area contributed by atoms with Gasteiger partial charge in [-0.2, -0.15) is 0 Å². The molecule has 3 aromatic rings. The molecule has 0 spiro atoms. The molecule has 106 valence electrons. The van der Waals surface area contributed by atoms with Crippen LogP contribution >= 0.6 is 0 Å². The molecule has 0 saturated carbocycles. The summed E-state index contributed by atoms with van der Waals surface area (Å²) in [5.41, 5.74) is 2.78. The van der Waals surface area contributed by atoms with E-state index >= 15 is 0 Å². The highest BCUT2D eigenvalue weighted by atomic mass is 16.5. The molecule has 21 heavy (non-hydrogen) atoms. The van der Waals surface area contributed by atoms with E-state index in [4.69, 9.17) is 9.15 Å². The molecule has 0 aliphatic heterocycles. The first-order chi connectivity index (χ1) is 10.3. The average molecular weight is 280 g/mol. The van der Waals surface area contributed by atoms with Crippen molar-refractivity contribution >= 4 is 5.69 Å². The zero-order valence-electron chi connectivity index (χ0n) is 11.7. The minimum absolute atomic E-state index is 0.384. The van der Waals surface area contributed by atoms with Crippen LogP contribution in [0.15, 0.2) is 65.3 Å². The van der Waals surface area contributed by atoms with Crippen molar-refractivity contribution in [2.75, 3.05) is 12.4 Å². The Hall–Kier alpha value is -2.75. The largest absolute Gasteiger partial charge is 0.487 e. The number of nitrogens with one attached hydrogen (secondary N) is 1. The van der Waals surface area contributed by atoms with Crippen LogP contribution in [0, 0.1) is 0 Å². The van der Waals surface area contributed by atoms with Crippen LogP contribution in [0.1, 0.15) is 5.69 Å². The molecule has 0 bridgehead atoms. The Morgan fingerprint density at radius 1 is 1.05 bits per heavy atom. The Labute approximate surface area is 123 Å². The highest BCUT2D eigenvalue weighted by molar-refractivity contribution is 5.52. The monoisotopic (exact) mass is 280 g/mol. The standard InChI is InChI=1S/C17H16N2O2/c1-18-14-7-9-16(10-8-14)20-11-15-12-21-17(19-15)13-5-3-2-4-6-13/h2-10,12,18H,11H2,1H3. The second-order valence-corrected chi connectivity index (χ2v) is 4.57. The van der Waals surface area contributed by atoms with Crippen molar-refractivity contribution < 1.29 is 9.15 Å². The number of aromatic nitrogens is 1. The summed E-state index contributed by atoms with van der Waals surface area (Å²) in [6, 6.07) is 17.6. The van der Waals surface area contributed by atoms with E-state index in [-0.39, 0.29) is 0 Å². The van der Waals surface area contributed by atoms with Gasteiger partial charge in [-0.3, -0.25) is 0 Å². The molecule has 0 unspecified atom stereocenters. The molecular weight excluding hydrogens is 264 g/mol. The van der Waals surface area contributed by atoms with Crippen molar-refractivity contribution in [2.24, 2.45) is 0 Å². The van der Waals surface area contributed by atoms with Crippen LogP contribution in [0.5, 0.6) is 5.75 Å². The molecule has 0 aliphatic carbocycles. The lowest BCUT2D eigenvalue weighted by Gasteiger charge is -2.05. The van der Waals surface area contributed by atoms with Gasteiger partial charge >= 0.3 is 0 Å². The van der Waals surface area contributed by atoms with Crippen LogP contribution in [0.4, 0.5) is 5.69 Å². The molecule has 2 aromatic carbocycles. The highest BCUT2D eigenvalue weighted by Gasteiger charge is 2.06. The van der Waals surface area contributed by atoms with Gasteiger partial charge in [0.2, 0.25) is 5.89 Å². The summed E-state index contributed by atoms with van der Waals surface area (Å²) in [4.78, 5) is 4.43. The van der Waals surface area contributed by atoms with Crippen LogP contribution in [-0.4, -0.2) is 12.0 Å². The first kappa shape index (κ1) is 13.2. The zero-order valence-corrected chi connectivity index (χ0v) is 11.7. The Bertz CT molecular complexity index is 690. The number of anilines is 1. The maximum Gasteiger partial charge on any atom is 0.226 e. The fourth-order valence-corrected chi connectivity index (χ4v) is 1.96. The molecular formula is C17H16N2O2. The van der Waals surface area contributed by atoms with Gasteiger partial charge in [0.1, 0.15) is 24.3 Å². The van der Waals surface area contributed by atoms with Gasteiger partial charge in [0, 0.05) is 18.3 Å². The van der Waals surface area contributed by atoms with Crippen molar-refractivity contribution in [3.8, 4) is 17.2 Å². The molecule has 0 amide bonds. The van der Waals surface area contributed by atoms with E-state index in [1.54, 1.807) is 6.26 Å². The van der Waals surface area contributed by atoms with Crippen LogP contribution in [0.25, 0.3) is 11.5 Å². The number of rotatable bonds is 5. The van der Waals surface area contributed by atoms with Gasteiger partial charge in [-0.1, -0.05) is 18.2 Å². The number of nitrogens with zero attached hydrogens (tertiary/aromatic N) is 1. The lowest BCUT2D eigenvalue weighted by molar-refractivity contribution is 0.301. The van der Waals surface area contributed by atoms with E-state index in [2.05, 4.69) is 10.3 Å². The van der Waals surface area contributed by atoms with Crippen LogP contribution < -0.4 is 10.1 Å². The minimum Gasteiger partial charge on any atom is -0.487 e. The van der Waals surface area contributed by atoms with E-state index < -0.39 is 0 Å². The van der Waals surface area contributed by atoms with Crippen LogP contribution in [-0.2, 0) is 6.61 Å². The predicted molar refractivity (Wildman–Crippen MR) is 82.3 cm³/mol. The van der Waals surface area contributed by atoms with Crippen molar-refractivity contribution in [1.82, 2.24) is 4.98 Å². The van der Waals surface area contributed by atoms with Crippen molar-refractivity contribution in [2.45, 2.75) is 6.61 Å². The Kier molecular flexibility index (Phi) is 3.87. The molecule has 0 fully saturated rings. The Balaban J connectivity index is 1.64. The molecule has 0 aliphatic rings. The summed E-state index contributed by atoms with van der Waals surface area (Å²) in [6.45, 7) is 0.384. The van der Waals surface area contributed by atoms with Gasteiger partial charge in [0.15, 0.2) is 0 Å². The third kappa shape index (κ3) is 3.23. The SMILES string of the molecule is CNc1ccc(OCc2coc(-c3ccccc3)n2)cc1. The smallest absolute Gasteiger partial charge is 0.226 e. The summed E-state index contributed by atoms with van der Waals surface area (Å²) in [5.74, 6) is 1.41. The summed E-state index contributed by atoms with van der Waals surface area (Å²) >= 11 is 0. The quantitative estimate of drug-likeness (QED) is 0.768. The van der Waals surface area contributed by atoms with Crippen LogP contribution in [0.3, 0.4) is 0 Å². The van der Waals surface area contributed by atoms with E-state index in [0.29, 0.717) is 12.5 Å².